The minimum absolute atomic E-state index is 0.0368. The molecule has 0 unspecified atom stereocenters. The summed E-state index contributed by atoms with van der Waals surface area (Å²) in [6.07, 6.45) is 8.68. The number of nitrogens with zero attached hydrogens (tertiary/aromatic N) is 5. The summed E-state index contributed by atoms with van der Waals surface area (Å²) in [6, 6.07) is 2.33. The van der Waals surface area contributed by atoms with Gasteiger partial charge in [0, 0.05) is 55.5 Å². The maximum atomic E-state index is 11.8. The minimum atomic E-state index is -0.296. The lowest BCUT2D eigenvalue weighted by Crippen LogP contribution is -2.41. The molecule has 2 saturated heterocycles. The molecule has 2 aliphatic rings. The zero-order chi connectivity index (χ0) is 21.9. The van der Waals surface area contributed by atoms with Gasteiger partial charge in [-0.15, -0.1) is 5.10 Å². The molecule has 0 radical (unpaired) electrons. The highest BCUT2D eigenvalue weighted by Crippen LogP contribution is 2.35. The van der Waals surface area contributed by atoms with Crippen LogP contribution >= 0.6 is 0 Å². The van der Waals surface area contributed by atoms with Crippen LogP contribution in [0.2, 0.25) is 0 Å². The van der Waals surface area contributed by atoms with Crippen LogP contribution in [0.3, 0.4) is 0 Å². The zero-order valence-corrected chi connectivity index (χ0v) is 18.1. The Kier molecular flexibility index (Phi) is 5.80. The first kappa shape index (κ1) is 20.6. The number of fused-ring (bicyclic) bond motifs is 1. The summed E-state index contributed by atoms with van der Waals surface area (Å²) >= 11 is 0. The first-order chi connectivity index (χ1) is 15.7. The van der Waals surface area contributed by atoms with E-state index >= 15 is 0 Å². The quantitative estimate of drug-likeness (QED) is 0.550. The number of carbonyl (C=O) groups excluding carboxylic acids is 1. The van der Waals surface area contributed by atoms with Gasteiger partial charge in [-0.05, 0) is 32.0 Å². The van der Waals surface area contributed by atoms with Crippen LogP contribution in [0.5, 0.6) is 5.75 Å². The Labute approximate surface area is 185 Å². The summed E-state index contributed by atoms with van der Waals surface area (Å²) in [7, 11) is 1.41. The van der Waals surface area contributed by atoms with Gasteiger partial charge in [-0.2, -0.15) is 10.1 Å². The second kappa shape index (κ2) is 9.03. The molecule has 2 aliphatic heterocycles. The number of amides is 1. The molecule has 11 heteroatoms. The molecular weight excluding hydrogens is 412 g/mol. The average molecular weight is 441 g/mol. The second-order valence-corrected chi connectivity index (χ2v) is 8.19. The molecule has 0 bridgehead atoms. The molecule has 0 saturated carbocycles. The number of hydrogen-bond acceptors (Lipinski definition) is 8. The number of piperidine rings is 2. The van der Waals surface area contributed by atoms with Crippen molar-refractivity contribution in [1.29, 1.82) is 0 Å². The average Bonchev–Trinajstić information content (AvgIpc) is 3.50. The third kappa shape index (κ3) is 4.20. The number of anilines is 1. The second-order valence-electron chi connectivity index (χ2n) is 8.19. The molecule has 3 aromatic heterocycles. The Bertz CT molecular complexity index is 1050. The van der Waals surface area contributed by atoms with Gasteiger partial charge in [0.25, 0.3) is 0 Å². The molecule has 3 aromatic rings. The number of ether oxygens (including phenoxy) is 2. The van der Waals surface area contributed by atoms with Crippen LogP contribution in [-0.4, -0.2) is 81.2 Å². The monoisotopic (exact) mass is 440 g/mol. The van der Waals surface area contributed by atoms with Gasteiger partial charge in [0.05, 0.1) is 13.3 Å². The molecule has 5 rings (SSSR count). The number of aromatic nitrogens is 5. The zero-order valence-electron chi connectivity index (χ0n) is 18.1. The van der Waals surface area contributed by atoms with E-state index in [4.69, 9.17) is 14.5 Å². The van der Waals surface area contributed by atoms with E-state index in [0.29, 0.717) is 36.5 Å². The van der Waals surface area contributed by atoms with Gasteiger partial charge >= 0.3 is 6.09 Å². The van der Waals surface area contributed by atoms with Gasteiger partial charge in [-0.3, -0.25) is 5.10 Å². The molecule has 5 heterocycles. The fourth-order valence-electron chi connectivity index (χ4n) is 4.33. The highest BCUT2D eigenvalue weighted by molar-refractivity contribution is 5.77. The molecular formula is C21H28N8O3. The van der Waals surface area contributed by atoms with Crippen molar-refractivity contribution in [3.05, 3.63) is 24.7 Å². The number of pyridine rings is 1. The summed E-state index contributed by atoms with van der Waals surface area (Å²) < 4.78 is 13.1. The molecule has 0 spiro atoms. The SMILES string of the molecule is COC(=O)N1CCC(Oc2c(-c3cn[nH]c3)ccn3nc(NC4CCNCC4)nc23)CC1. The largest absolute Gasteiger partial charge is 0.486 e. The van der Waals surface area contributed by atoms with Crippen molar-refractivity contribution in [1.82, 2.24) is 35.0 Å². The third-order valence-corrected chi connectivity index (χ3v) is 6.10. The lowest BCUT2D eigenvalue weighted by molar-refractivity contribution is 0.0796. The van der Waals surface area contributed by atoms with E-state index in [9.17, 15) is 4.79 Å². The van der Waals surface area contributed by atoms with Crippen molar-refractivity contribution >= 4 is 17.7 Å². The lowest BCUT2D eigenvalue weighted by atomic mass is 10.1. The van der Waals surface area contributed by atoms with E-state index in [2.05, 4.69) is 25.9 Å². The lowest BCUT2D eigenvalue weighted by Gasteiger charge is -2.31. The molecule has 2 fully saturated rings. The van der Waals surface area contributed by atoms with Crippen molar-refractivity contribution in [2.45, 2.75) is 37.8 Å². The maximum absolute atomic E-state index is 11.8. The Morgan fingerprint density at radius 2 is 2.03 bits per heavy atom. The number of carbonyl (C=O) groups is 1. The number of hydrogen-bond donors (Lipinski definition) is 3. The van der Waals surface area contributed by atoms with Gasteiger partial charge in [0.2, 0.25) is 5.95 Å². The molecule has 32 heavy (non-hydrogen) atoms. The van der Waals surface area contributed by atoms with Gasteiger partial charge in [-0.1, -0.05) is 0 Å². The standard InChI is InChI=1S/C21H28N8O3/c1-31-21(30)28-9-4-16(5-10-28)32-18-17(14-12-23-24-13-14)6-11-29-19(18)26-20(27-29)25-15-2-7-22-8-3-15/h6,11-13,15-16,22H,2-5,7-10H2,1H3,(H,23,24)(H,25,27). The normalized spacial score (nSPS) is 18.1. The van der Waals surface area contributed by atoms with Crippen molar-refractivity contribution in [2.24, 2.45) is 0 Å². The predicted octanol–water partition coefficient (Wildman–Crippen LogP) is 1.89. The number of methoxy groups -OCH3 is 1. The summed E-state index contributed by atoms with van der Waals surface area (Å²) in [5.74, 6) is 1.28. The number of rotatable bonds is 5. The van der Waals surface area contributed by atoms with Gasteiger partial charge in [0.15, 0.2) is 11.4 Å². The van der Waals surface area contributed by atoms with Crippen LogP contribution in [0.15, 0.2) is 24.7 Å². The van der Waals surface area contributed by atoms with E-state index in [1.54, 1.807) is 15.6 Å². The van der Waals surface area contributed by atoms with Crippen molar-refractivity contribution in [3.8, 4) is 16.9 Å². The molecule has 0 atom stereocenters. The van der Waals surface area contributed by atoms with Crippen LogP contribution in [0.25, 0.3) is 16.8 Å². The van der Waals surface area contributed by atoms with Crippen LogP contribution in [-0.2, 0) is 4.74 Å². The summed E-state index contributed by atoms with van der Waals surface area (Å²) in [5.41, 5.74) is 2.49. The predicted molar refractivity (Wildman–Crippen MR) is 118 cm³/mol. The fraction of sp³-hybridized carbons (Fsp3) is 0.524. The molecule has 0 aliphatic carbocycles. The van der Waals surface area contributed by atoms with E-state index < -0.39 is 0 Å². The van der Waals surface area contributed by atoms with E-state index in [0.717, 1.165) is 49.9 Å². The molecule has 1 amide bonds. The molecule has 11 nitrogen and oxygen atoms in total. The third-order valence-electron chi connectivity index (χ3n) is 6.10. The highest BCUT2D eigenvalue weighted by atomic mass is 16.5. The topological polar surface area (TPSA) is 122 Å². The number of nitrogens with one attached hydrogen (secondary N) is 3. The maximum Gasteiger partial charge on any atom is 0.409 e. The smallest absolute Gasteiger partial charge is 0.409 e. The summed E-state index contributed by atoms with van der Waals surface area (Å²) in [6.45, 7) is 3.18. The fourth-order valence-corrected chi connectivity index (χ4v) is 4.33. The van der Waals surface area contributed by atoms with Crippen LogP contribution in [0, 0.1) is 0 Å². The Balaban J connectivity index is 1.42. The first-order valence-corrected chi connectivity index (χ1v) is 11.1. The van der Waals surface area contributed by atoms with Crippen LogP contribution in [0.4, 0.5) is 10.7 Å². The van der Waals surface area contributed by atoms with Crippen LogP contribution < -0.4 is 15.4 Å². The Morgan fingerprint density at radius 1 is 1.22 bits per heavy atom. The molecule has 3 N–H and O–H groups in total. The minimum Gasteiger partial charge on any atom is -0.486 e. The number of H-pyrrole nitrogens is 1. The van der Waals surface area contributed by atoms with Gasteiger partial charge in [-0.25, -0.2) is 9.31 Å². The van der Waals surface area contributed by atoms with Crippen LogP contribution in [0.1, 0.15) is 25.7 Å². The molecule has 0 aromatic carbocycles. The summed E-state index contributed by atoms with van der Waals surface area (Å²) in [4.78, 5) is 18.3. The van der Waals surface area contributed by atoms with Gasteiger partial charge < -0.3 is 25.0 Å². The van der Waals surface area contributed by atoms with Crippen molar-refractivity contribution in [3.63, 3.8) is 0 Å². The van der Waals surface area contributed by atoms with E-state index in [1.165, 1.54) is 7.11 Å². The van der Waals surface area contributed by atoms with E-state index in [1.807, 2.05) is 18.5 Å². The first-order valence-electron chi connectivity index (χ1n) is 11.1. The van der Waals surface area contributed by atoms with Gasteiger partial charge in [0.1, 0.15) is 6.10 Å². The number of likely N-dealkylation sites (tertiary alicyclic amines) is 1. The summed E-state index contributed by atoms with van der Waals surface area (Å²) in [5, 5.41) is 18.4. The van der Waals surface area contributed by atoms with Crippen molar-refractivity contribution < 1.29 is 14.3 Å². The van der Waals surface area contributed by atoms with Crippen molar-refractivity contribution in [2.75, 3.05) is 38.6 Å². The molecule has 170 valence electrons. The Hall–Kier alpha value is -3.34. The van der Waals surface area contributed by atoms with E-state index in [-0.39, 0.29) is 12.2 Å². The number of aromatic amines is 1. The Morgan fingerprint density at radius 3 is 2.75 bits per heavy atom. The highest BCUT2D eigenvalue weighted by Gasteiger charge is 2.27.